The quantitative estimate of drug-likeness (QED) is 0.415. The Balaban J connectivity index is 5.34. The van der Waals surface area contributed by atoms with Crippen molar-refractivity contribution in [1.29, 1.82) is 0 Å². The van der Waals surface area contributed by atoms with Crippen molar-refractivity contribution in [2.45, 2.75) is 31.9 Å². The van der Waals surface area contributed by atoms with E-state index in [9.17, 15) is 31.2 Å². The summed E-state index contributed by atoms with van der Waals surface area (Å²) in [5.41, 5.74) is -6.74. The third-order valence-corrected chi connectivity index (χ3v) is 2.37. The van der Waals surface area contributed by atoms with E-state index in [1.165, 1.54) is 31.4 Å². The van der Waals surface area contributed by atoms with Crippen molar-refractivity contribution in [3.8, 4) is 0 Å². The summed E-state index contributed by atoms with van der Waals surface area (Å²) in [6, 6.07) is 0. The normalized spacial score (nSPS) is 13.5. The van der Waals surface area contributed by atoms with Gasteiger partial charge in [0.25, 0.3) is 0 Å². The van der Waals surface area contributed by atoms with Crippen molar-refractivity contribution in [2.75, 3.05) is 0 Å². The van der Waals surface area contributed by atoms with E-state index in [1.807, 2.05) is 0 Å². The summed E-state index contributed by atoms with van der Waals surface area (Å²) in [6.45, 7) is 4.33. The fraction of sp³-hybridized carbons (Fsp3) is 0.625. The van der Waals surface area contributed by atoms with Gasteiger partial charge in [-0.2, -0.15) is 21.6 Å². The van der Waals surface area contributed by atoms with Gasteiger partial charge >= 0.3 is 21.6 Å². The zero-order valence-corrected chi connectivity index (χ0v) is 11.9. The van der Waals surface area contributed by atoms with Gasteiger partial charge in [0.2, 0.25) is 13.8 Å². The largest absolute Gasteiger partial charge is 0.518 e. The molecule has 0 aliphatic rings. The number of guanidine groups is 1. The minimum Gasteiger partial charge on any atom is -0.444 e. The molecule has 0 heterocycles. The number of nitrogens with zero attached hydrogens (tertiary/aromatic N) is 1. The summed E-state index contributed by atoms with van der Waals surface area (Å²) in [5.74, 6) is -2.78. The minimum atomic E-state index is -5.98. The molecule has 0 saturated heterocycles. The van der Waals surface area contributed by atoms with Gasteiger partial charge in [0, 0.05) is 0 Å². The van der Waals surface area contributed by atoms with E-state index >= 15 is 0 Å². The summed E-state index contributed by atoms with van der Waals surface area (Å²) in [4.78, 5) is 21.9. The van der Waals surface area contributed by atoms with Gasteiger partial charge in [-0.15, -0.1) is 4.40 Å². The van der Waals surface area contributed by atoms with Gasteiger partial charge in [-0.25, -0.2) is 4.79 Å². The molecule has 0 aromatic carbocycles. The number of hydrogen-bond donors (Lipinski definition) is 2. The summed E-state index contributed by atoms with van der Waals surface area (Å²) in [5, 5.41) is 2.95. The van der Waals surface area contributed by atoms with E-state index in [0.29, 0.717) is 0 Å². The van der Waals surface area contributed by atoms with Gasteiger partial charge in [-0.3, -0.25) is 10.1 Å². The molecule has 2 amide bonds. The first-order valence-corrected chi connectivity index (χ1v) is 6.56. The number of alkyl halides is 3. The average molecular weight is 329 g/mol. The highest BCUT2D eigenvalue weighted by atomic mass is 32.2. The third-order valence-electron chi connectivity index (χ3n) is 1.36. The van der Waals surface area contributed by atoms with Crippen molar-refractivity contribution >= 4 is 35.7 Å². The molecule has 8 nitrogen and oxygen atoms in total. The highest BCUT2D eigenvalue weighted by Crippen LogP contribution is 2.24. The SMILES string of the molecule is [B]C(=O)NC(=NS(=O)(=O)C(F)(F)F)NC(=O)OC(C)(C)C. The molecule has 13 heteroatoms. The van der Waals surface area contributed by atoms with Crippen molar-refractivity contribution in [3.63, 3.8) is 0 Å². The number of rotatable bonds is 1. The Kier molecular flexibility index (Phi) is 5.79. The van der Waals surface area contributed by atoms with Crippen molar-refractivity contribution in [2.24, 2.45) is 4.40 Å². The van der Waals surface area contributed by atoms with E-state index in [-0.39, 0.29) is 0 Å². The summed E-state index contributed by atoms with van der Waals surface area (Å²) < 4.78 is 65.0. The smallest absolute Gasteiger partial charge is 0.444 e. The lowest BCUT2D eigenvalue weighted by Gasteiger charge is -2.20. The topological polar surface area (TPSA) is 114 Å². The highest BCUT2D eigenvalue weighted by molar-refractivity contribution is 7.91. The Hall–Kier alpha value is -1.79. The van der Waals surface area contributed by atoms with Gasteiger partial charge in [-0.05, 0) is 20.8 Å². The summed E-state index contributed by atoms with van der Waals surface area (Å²) in [6.07, 6.45) is -1.34. The molecule has 0 atom stereocenters. The van der Waals surface area contributed by atoms with Crippen LogP contribution in [0.15, 0.2) is 4.40 Å². The van der Waals surface area contributed by atoms with Gasteiger partial charge in [0.15, 0.2) is 5.81 Å². The second-order valence-corrected chi connectivity index (χ2v) is 6.07. The maximum atomic E-state index is 12.2. The molecule has 0 saturated carbocycles. The van der Waals surface area contributed by atoms with Crippen LogP contribution in [0.4, 0.5) is 22.8 Å². The Labute approximate surface area is 119 Å². The van der Waals surface area contributed by atoms with Crippen LogP contribution in [0.25, 0.3) is 0 Å². The van der Waals surface area contributed by atoms with Crippen LogP contribution >= 0.6 is 0 Å². The fourth-order valence-corrected chi connectivity index (χ4v) is 1.20. The second-order valence-electron chi connectivity index (χ2n) is 4.48. The molecule has 0 unspecified atom stereocenters. The molecule has 0 fully saturated rings. The third kappa shape index (κ3) is 7.53. The number of sulfonamides is 1. The van der Waals surface area contributed by atoms with Crippen LogP contribution in [-0.4, -0.2) is 45.2 Å². The number of halogens is 3. The lowest BCUT2D eigenvalue weighted by atomic mass is 10.1. The first-order valence-electron chi connectivity index (χ1n) is 5.12. The van der Waals surface area contributed by atoms with Crippen LogP contribution in [0.5, 0.6) is 0 Å². The molecule has 21 heavy (non-hydrogen) atoms. The molecule has 0 aliphatic heterocycles. The van der Waals surface area contributed by atoms with Gasteiger partial charge < -0.3 is 10.1 Å². The van der Waals surface area contributed by atoms with Crippen LogP contribution in [0.1, 0.15) is 20.8 Å². The molecule has 0 aliphatic carbocycles. The number of ether oxygens (including phenoxy) is 1. The molecule has 2 N–H and O–H groups in total. The van der Waals surface area contributed by atoms with Crippen LogP contribution in [0, 0.1) is 0 Å². The summed E-state index contributed by atoms with van der Waals surface area (Å²) >= 11 is 0. The second kappa shape index (κ2) is 6.32. The predicted molar refractivity (Wildman–Crippen MR) is 66.1 cm³/mol. The van der Waals surface area contributed by atoms with Gasteiger partial charge in [0.1, 0.15) is 5.60 Å². The average Bonchev–Trinajstić information content (AvgIpc) is 2.08. The fourth-order valence-electron chi connectivity index (χ4n) is 0.766. The van der Waals surface area contributed by atoms with E-state index in [2.05, 4.69) is 17.0 Å². The zero-order valence-electron chi connectivity index (χ0n) is 11.1. The lowest BCUT2D eigenvalue weighted by Crippen LogP contribution is -2.46. The van der Waals surface area contributed by atoms with E-state index in [0.717, 1.165) is 0 Å². The Morgan fingerprint density at radius 3 is 1.95 bits per heavy atom. The van der Waals surface area contributed by atoms with Gasteiger partial charge in [-0.1, -0.05) is 0 Å². The minimum absolute atomic E-state index is 1.02. The molecule has 118 valence electrons. The monoisotopic (exact) mass is 329 g/mol. The Morgan fingerprint density at radius 2 is 1.62 bits per heavy atom. The molecular formula is C8H11BF3N3O5S. The number of alkyl carbamates (subject to hydrolysis) is 1. The first kappa shape index (κ1) is 19.2. The highest BCUT2D eigenvalue weighted by Gasteiger charge is 2.46. The van der Waals surface area contributed by atoms with Gasteiger partial charge in [0.05, 0.1) is 0 Å². The molecule has 2 radical (unpaired) electrons. The van der Waals surface area contributed by atoms with E-state index < -0.39 is 39.0 Å². The number of hydrogen-bond acceptors (Lipinski definition) is 5. The molecular weight excluding hydrogens is 318 g/mol. The number of nitrogens with one attached hydrogen (secondary N) is 2. The number of amides is 2. The maximum absolute atomic E-state index is 12.2. The Bertz CT molecular complexity index is 552. The van der Waals surface area contributed by atoms with E-state index in [4.69, 9.17) is 0 Å². The predicted octanol–water partition coefficient (Wildman–Crippen LogP) is 0.595. The van der Waals surface area contributed by atoms with Crippen LogP contribution in [-0.2, 0) is 14.8 Å². The van der Waals surface area contributed by atoms with Crippen molar-refractivity contribution in [1.82, 2.24) is 10.6 Å². The number of carbonyl (C=O) groups excluding carboxylic acids is 2. The summed E-state index contributed by atoms with van der Waals surface area (Å²) in [7, 11) is -1.36. The molecule has 0 aromatic rings. The molecule has 0 aromatic heterocycles. The lowest BCUT2D eigenvalue weighted by molar-refractivity contribution is -0.0435. The van der Waals surface area contributed by atoms with Crippen LogP contribution in [0.2, 0.25) is 0 Å². The molecule has 0 spiro atoms. The van der Waals surface area contributed by atoms with Crippen molar-refractivity contribution < 1.29 is 35.9 Å². The van der Waals surface area contributed by atoms with Crippen LogP contribution < -0.4 is 10.6 Å². The first-order chi connectivity index (χ1) is 9.14. The molecule has 0 rings (SSSR count). The zero-order chi connectivity index (χ0) is 17.1. The number of carbonyl (C=O) groups is 2. The standard InChI is InChI=1S/C8H11BF3N3O5S/c1-7(2,3)20-6(17)14-5(13-4(9)16)15-21(18,19)8(10,11)12/h1-3H3,(H2,13,14,15,16,17). The van der Waals surface area contributed by atoms with E-state index in [1.54, 1.807) is 0 Å². The Morgan fingerprint density at radius 1 is 1.14 bits per heavy atom. The van der Waals surface area contributed by atoms with Crippen LogP contribution in [0.3, 0.4) is 0 Å². The molecule has 0 bridgehead atoms. The maximum Gasteiger partial charge on any atom is 0.518 e. The van der Waals surface area contributed by atoms with Crippen molar-refractivity contribution in [3.05, 3.63) is 0 Å².